The van der Waals surface area contributed by atoms with Gasteiger partial charge in [-0.25, -0.2) is 4.98 Å². The molecule has 13 heavy (non-hydrogen) atoms. The number of hydrogen-bond acceptors (Lipinski definition) is 2. The summed E-state index contributed by atoms with van der Waals surface area (Å²) in [6, 6.07) is 2.27. The zero-order valence-corrected chi connectivity index (χ0v) is 8.01. The van der Waals surface area contributed by atoms with E-state index in [2.05, 4.69) is 20.9 Å². The fraction of sp³-hybridized carbons (Fsp3) is 0.500. The topological polar surface area (TPSA) is 16.1 Å². The molecule has 1 aromatic rings. The van der Waals surface area contributed by atoms with E-state index in [1.54, 1.807) is 0 Å². The van der Waals surface area contributed by atoms with Gasteiger partial charge in [0.05, 0.1) is 0 Å². The molecule has 3 heteroatoms. The fourth-order valence-corrected chi connectivity index (χ4v) is 1.33. The minimum Gasteiger partial charge on any atom is -0.357 e. The van der Waals surface area contributed by atoms with E-state index in [0.29, 0.717) is 0 Å². The number of hydrogen-bond donors (Lipinski definition) is 0. The fourth-order valence-electron chi connectivity index (χ4n) is 0.908. The maximum atomic E-state index is 7.93. The lowest BCUT2D eigenvalue weighted by Gasteiger charge is -2.16. The Kier molecular flexibility index (Phi) is 0.766. The summed E-state index contributed by atoms with van der Waals surface area (Å²) in [7, 11) is 0. The van der Waals surface area contributed by atoms with E-state index >= 15 is 0 Å². The molecule has 1 fully saturated rings. The predicted octanol–water partition coefficient (Wildman–Crippen LogP) is 2.75. The Balaban J connectivity index is 2.74. The molecule has 1 aliphatic rings. The molecule has 0 saturated carbocycles. The molecular formula is C10H13BrN2. The van der Waals surface area contributed by atoms with Crippen molar-refractivity contribution < 1.29 is 15.1 Å². The summed E-state index contributed by atoms with van der Waals surface area (Å²) < 4.78 is 85.0. The minimum atomic E-state index is -3.21. The van der Waals surface area contributed by atoms with E-state index in [-0.39, 0.29) is 9.37 Å². The summed E-state index contributed by atoms with van der Waals surface area (Å²) in [6.45, 7) is -8.88. The number of nitrogens with zero attached hydrogens (tertiary/aromatic N) is 2. The first-order chi connectivity index (χ1) is 10.5. The van der Waals surface area contributed by atoms with Crippen LogP contribution in [-0.4, -0.2) is 18.0 Å². The van der Waals surface area contributed by atoms with Crippen molar-refractivity contribution in [2.24, 2.45) is 0 Å². The molecule has 0 unspecified atom stereocenters. The maximum absolute atomic E-state index is 7.93. The van der Waals surface area contributed by atoms with E-state index < -0.39 is 44.1 Å². The highest BCUT2D eigenvalue weighted by molar-refractivity contribution is 9.10. The molecule has 0 atom stereocenters. The van der Waals surface area contributed by atoms with Crippen LogP contribution in [0.2, 0.25) is 0 Å². The van der Waals surface area contributed by atoms with Crippen LogP contribution in [0, 0.1) is 6.85 Å². The SMILES string of the molecule is [2H]C([2H])([2H])c1cc(Br)cc(N2C([2H])([2H])C([2H])([2H])C([2H])([2H])C2([2H])[2H])n1. The van der Waals surface area contributed by atoms with E-state index in [1.165, 1.54) is 0 Å². The Morgan fingerprint density at radius 2 is 2.31 bits per heavy atom. The molecule has 0 amide bonds. The zero-order chi connectivity index (χ0) is 18.9. The van der Waals surface area contributed by atoms with Gasteiger partial charge in [-0.3, -0.25) is 0 Å². The number of pyridine rings is 1. The third-order valence-corrected chi connectivity index (χ3v) is 1.86. The Labute approximate surface area is 103 Å². The largest absolute Gasteiger partial charge is 0.357 e. The molecule has 0 bridgehead atoms. The summed E-state index contributed by atoms with van der Waals surface area (Å²) in [4.78, 5) is 3.95. The van der Waals surface area contributed by atoms with Crippen LogP contribution in [0.3, 0.4) is 0 Å². The van der Waals surface area contributed by atoms with Crippen molar-refractivity contribution in [1.29, 1.82) is 0 Å². The standard InChI is InChI=1S/C10H13BrN2/c1-8-6-9(11)7-10(12-8)13-4-2-3-5-13/h6-7H,2-5H2,1H3/i1D3,2D2,3D2,4D2,5D2. The van der Waals surface area contributed by atoms with Crippen molar-refractivity contribution in [3.05, 3.63) is 22.3 Å². The van der Waals surface area contributed by atoms with Crippen LogP contribution in [0.4, 0.5) is 5.82 Å². The molecular weight excluding hydrogens is 228 g/mol. The van der Waals surface area contributed by atoms with Gasteiger partial charge >= 0.3 is 0 Å². The Morgan fingerprint density at radius 1 is 1.54 bits per heavy atom. The quantitative estimate of drug-likeness (QED) is 0.764. The molecule has 0 spiro atoms. The van der Waals surface area contributed by atoms with Gasteiger partial charge in [-0.1, -0.05) is 15.9 Å². The van der Waals surface area contributed by atoms with Gasteiger partial charge in [0, 0.05) is 38.2 Å². The number of halogens is 1. The lowest BCUT2D eigenvalue weighted by atomic mass is 10.3. The normalized spacial score (nSPS) is 45.6. The van der Waals surface area contributed by atoms with E-state index in [1.807, 2.05) is 0 Å². The van der Waals surface area contributed by atoms with Gasteiger partial charge in [0.2, 0.25) is 0 Å². The first kappa shape index (κ1) is 2.72. The second kappa shape index (κ2) is 3.66. The first-order valence-electron chi connectivity index (χ1n) is 8.96. The molecule has 0 radical (unpaired) electrons. The van der Waals surface area contributed by atoms with Crippen LogP contribution in [-0.2, 0) is 0 Å². The van der Waals surface area contributed by atoms with Crippen molar-refractivity contribution >= 4 is 21.7 Å². The summed E-state index contributed by atoms with van der Waals surface area (Å²) >= 11 is 3.04. The molecule has 1 aliphatic heterocycles. The Morgan fingerprint density at radius 3 is 3.00 bits per heavy atom. The smallest absolute Gasteiger partial charge is 0.129 e. The van der Waals surface area contributed by atoms with E-state index in [4.69, 9.17) is 15.1 Å². The second-order valence-electron chi connectivity index (χ2n) is 2.34. The Bertz CT molecular complexity index is 643. The van der Waals surface area contributed by atoms with E-state index in [9.17, 15) is 0 Å². The van der Waals surface area contributed by atoms with Crippen LogP contribution in [0.15, 0.2) is 16.6 Å². The number of anilines is 1. The van der Waals surface area contributed by atoms with Crippen molar-refractivity contribution in [1.82, 2.24) is 4.98 Å². The highest BCUT2D eigenvalue weighted by Gasteiger charge is 2.13. The second-order valence-corrected chi connectivity index (χ2v) is 3.25. The van der Waals surface area contributed by atoms with Crippen LogP contribution in [0.1, 0.15) is 33.5 Å². The van der Waals surface area contributed by atoms with Gasteiger partial charge < -0.3 is 4.90 Å². The van der Waals surface area contributed by atoms with Gasteiger partial charge in [0.1, 0.15) is 5.82 Å². The summed E-state index contributed by atoms with van der Waals surface area (Å²) in [5.41, 5.74) is -0.452. The van der Waals surface area contributed by atoms with Gasteiger partial charge in [-0.15, -0.1) is 0 Å². The van der Waals surface area contributed by atoms with Crippen molar-refractivity contribution in [2.45, 2.75) is 19.6 Å². The van der Waals surface area contributed by atoms with E-state index in [0.717, 1.165) is 12.1 Å². The molecule has 70 valence electrons. The molecule has 2 nitrogen and oxygen atoms in total. The lowest BCUT2D eigenvalue weighted by Crippen LogP contribution is -2.19. The molecule has 0 aromatic carbocycles. The third kappa shape index (κ3) is 2.02. The van der Waals surface area contributed by atoms with Gasteiger partial charge in [0.25, 0.3) is 0 Å². The molecule has 0 N–H and O–H groups in total. The molecule has 1 aromatic heterocycles. The predicted molar refractivity (Wildman–Crippen MR) is 58.1 cm³/mol. The molecule has 1 saturated heterocycles. The average Bonchev–Trinajstić information content (AvgIpc) is 2.41. The van der Waals surface area contributed by atoms with Crippen LogP contribution in [0.25, 0.3) is 0 Å². The van der Waals surface area contributed by atoms with Gasteiger partial charge in [-0.05, 0) is 31.7 Å². The number of aromatic nitrogens is 1. The van der Waals surface area contributed by atoms with Gasteiger partial charge in [-0.2, -0.15) is 0 Å². The lowest BCUT2D eigenvalue weighted by molar-refractivity contribution is 0.928. The monoisotopic (exact) mass is 251 g/mol. The average molecular weight is 252 g/mol. The Hall–Kier alpha value is -0.570. The molecule has 0 aliphatic carbocycles. The van der Waals surface area contributed by atoms with Crippen LogP contribution < -0.4 is 4.90 Å². The highest BCUT2D eigenvalue weighted by atomic mass is 79.9. The molecule has 2 heterocycles. The van der Waals surface area contributed by atoms with Crippen molar-refractivity contribution in [3.8, 4) is 0 Å². The van der Waals surface area contributed by atoms with Crippen LogP contribution in [0.5, 0.6) is 0 Å². The highest BCUT2D eigenvalue weighted by Crippen LogP contribution is 2.22. The number of aryl methyl sites for hydroxylation is 1. The van der Waals surface area contributed by atoms with Gasteiger partial charge in [0.15, 0.2) is 0 Å². The first-order valence-corrected chi connectivity index (χ1v) is 4.25. The van der Waals surface area contributed by atoms with Crippen molar-refractivity contribution in [2.75, 3.05) is 17.9 Å². The minimum absolute atomic E-state index is 0.165. The third-order valence-electron chi connectivity index (χ3n) is 1.40. The maximum Gasteiger partial charge on any atom is 0.129 e. The van der Waals surface area contributed by atoms with Crippen molar-refractivity contribution in [3.63, 3.8) is 0 Å². The van der Waals surface area contributed by atoms with Crippen LogP contribution >= 0.6 is 15.9 Å². The zero-order valence-electron chi connectivity index (χ0n) is 17.4. The summed E-state index contributed by atoms with van der Waals surface area (Å²) in [5, 5.41) is 0. The molecule has 2 rings (SSSR count). The summed E-state index contributed by atoms with van der Waals surface area (Å²) in [5.74, 6) is -0.518. The summed E-state index contributed by atoms with van der Waals surface area (Å²) in [6.07, 6.45) is -6.43. The number of rotatable bonds is 1.